The van der Waals surface area contributed by atoms with Crippen molar-refractivity contribution >= 4 is 11.6 Å². The van der Waals surface area contributed by atoms with Crippen LogP contribution in [0.4, 0.5) is 5.69 Å². The number of hydrogen-bond acceptors (Lipinski definition) is 3. The first-order valence-corrected chi connectivity index (χ1v) is 8.29. The zero-order valence-electron chi connectivity index (χ0n) is 14.3. The van der Waals surface area contributed by atoms with Crippen molar-refractivity contribution in [3.63, 3.8) is 0 Å². The van der Waals surface area contributed by atoms with Gasteiger partial charge in [-0.05, 0) is 43.0 Å². The maximum Gasteiger partial charge on any atom is 0.252 e. The van der Waals surface area contributed by atoms with Gasteiger partial charge in [0.15, 0.2) is 0 Å². The Morgan fingerprint density at radius 2 is 1.64 bits per heavy atom. The monoisotopic (exact) mass is 334 g/mol. The van der Waals surface area contributed by atoms with Crippen molar-refractivity contribution in [3.8, 4) is 0 Å². The van der Waals surface area contributed by atoms with Crippen LogP contribution in [0.3, 0.4) is 0 Å². The van der Waals surface area contributed by atoms with Crippen LogP contribution >= 0.6 is 0 Å². The fourth-order valence-electron chi connectivity index (χ4n) is 2.88. The molecule has 25 heavy (non-hydrogen) atoms. The van der Waals surface area contributed by atoms with E-state index in [2.05, 4.69) is 41.4 Å². The predicted molar refractivity (Wildman–Crippen MR) is 99.4 cm³/mol. The summed E-state index contributed by atoms with van der Waals surface area (Å²) >= 11 is 0. The van der Waals surface area contributed by atoms with Gasteiger partial charge in [0, 0.05) is 12.1 Å². The molecule has 1 aromatic heterocycles. The Morgan fingerprint density at radius 1 is 1.00 bits per heavy atom. The number of aromatic amines is 1. The molecule has 0 aliphatic rings. The average Bonchev–Trinajstić information content (AvgIpc) is 2.99. The SMILES string of the molecule is Cc1ccc(CCc2n[nH]c(Cc3ccc(N)cc3)c2C(N)=O)cc1. The van der Waals surface area contributed by atoms with Crippen LogP contribution in [0, 0.1) is 6.92 Å². The lowest BCUT2D eigenvalue weighted by atomic mass is 10.0. The topological polar surface area (TPSA) is 97.8 Å². The molecule has 0 radical (unpaired) electrons. The number of nitrogens with two attached hydrogens (primary N) is 2. The zero-order chi connectivity index (χ0) is 17.8. The van der Waals surface area contributed by atoms with Crippen molar-refractivity contribution in [3.05, 3.63) is 82.2 Å². The van der Waals surface area contributed by atoms with Crippen LogP contribution < -0.4 is 11.5 Å². The summed E-state index contributed by atoms with van der Waals surface area (Å²) in [5, 5.41) is 7.32. The molecule has 0 fully saturated rings. The molecule has 1 amide bonds. The number of hydrogen-bond donors (Lipinski definition) is 3. The van der Waals surface area contributed by atoms with Crippen LogP contribution in [-0.4, -0.2) is 16.1 Å². The molecule has 5 heteroatoms. The molecular formula is C20H22N4O. The van der Waals surface area contributed by atoms with Crippen molar-refractivity contribution < 1.29 is 4.79 Å². The molecule has 0 aliphatic heterocycles. The summed E-state index contributed by atoms with van der Waals surface area (Å²) in [6.45, 7) is 2.06. The van der Waals surface area contributed by atoms with Gasteiger partial charge in [-0.2, -0.15) is 5.10 Å². The van der Waals surface area contributed by atoms with Crippen LogP contribution in [0.25, 0.3) is 0 Å². The third-order valence-corrected chi connectivity index (χ3v) is 4.29. The van der Waals surface area contributed by atoms with E-state index in [-0.39, 0.29) is 0 Å². The second-order valence-corrected chi connectivity index (χ2v) is 6.29. The normalized spacial score (nSPS) is 10.8. The number of H-pyrrole nitrogens is 1. The van der Waals surface area contributed by atoms with Gasteiger partial charge in [-0.3, -0.25) is 9.89 Å². The minimum atomic E-state index is -0.446. The molecule has 1 heterocycles. The molecule has 0 bridgehead atoms. The highest BCUT2D eigenvalue weighted by Crippen LogP contribution is 2.18. The van der Waals surface area contributed by atoms with Crippen LogP contribution in [0.5, 0.6) is 0 Å². The first-order valence-electron chi connectivity index (χ1n) is 8.29. The van der Waals surface area contributed by atoms with Crippen LogP contribution in [-0.2, 0) is 19.3 Å². The first kappa shape index (κ1) is 16.8. The summed E-state index contributed by atoms with van der Waals surface area (Å²) in [5.74, 6) is -0.446. The van der Waals surface area contributed by atoms with E-state index in [1.54, 1.807) is 0 Å². The highest BCUT2D eigenvalue weighted by molar-refractivity contribution is 5.95. The van der Waals surface area contributed by atoms with Gasteiger partial charge in [-0.25, -0.2) is 0 Å². The van der Waals surface area contributed by atoms with Crippen LogP contribution in [0.1, 0.15) is 38.4 Å². The van der Waals surface area contributed by atoms with Gasteiger partial charge in [0.25, 0.3) is 5.91 Å². The number of amides is 1. The molecule has 0 aliphatic carbocycles. The lowest BCUT2D eigenvalue weighted by Gasteiger charge is -2.04. The van der Waals surface area contributed by atoms with Crippen molar-refractivity contribution in [2.45, 2.75) is 26.2 Å². The van der Waals surface area contributed by atoms with Crippen LogP contribution in [0.2, 0.25) is 0 Å². The third kappa shape index (κ3) is 4.07. The number of nitrogens with zero attached hydrogens (tertiary/aromatic N) is 1. The molecule has 5 N–H and O–H groups in total. The molecule has 0 atom stereocenters. The summed E-state index contributed by atoms with van der Waals surface area (Å²) in [4.78, 5) is 11.9. The number of carbonyl (C=O) groups excluding carboxylic acids is 1. The Morgan fingerprint density at radius 3 is 2.28 bits per heavy atom. The lowest BCUT2D eigenvalue weighted by molar-refractivity contribution is 0.0998. The Hall–Kier alpha value is -3.08. The van der Waals surface area contributed by atoms with Crippen molar-refractivity contribution in [1.29, 1.82) is 0 Å². The molecule has 2 aromatic carbocycles. The van der Waals surface area contributed by atoms with E-state index in [0.29, 0.717) is 24.1 Å². The molecule has 0 saturated heterocycles. The first-order chi connectivity index (χ1) is 12.0. The van der Waals surface area contributed by atoms with Gasteiger partial charge in [0.05, 0.1) is 17.0 Å². The summed E-state index contributed by atoms with van der Waals surface area (Å²) in [5.41, 5.74) is 17.5. The maximum absolute atomic E-state index is 11.9. The third-order valence-electron chi connectivity index (χ3n) is 4.29. The minimum absolute atomic E-state index is 0.446. The number of nitrogen functional groups attached to an aromatic ring is 1. The molecule has 3 aromatic rings. The summed E-state index contributed by atoms with van der Waals surface area (Å²) in [6, 6.07) is 15.9. The van der Waals surface area contributed by atoms with Crippen molar-refractivity contribution in [2.24, 2.45) is 5.73 Å². The van der Waals surface area contributed by atoms with E-state index in [1.807, 2.05) is 24.3 Å². The summed E-state index contributed by atoms with van der Waals surface area (Å²) in [6.07, 6.45) is 2.04. The summed E-state index contributed by atoms with van der Waals surface area (Å²) < 4.78 is 0. The summed E-state index contributed by atoms with van der Waals surface area (Å²) in [7, 11) is 0. The smallest absolute Gasteiger partial charge is 0.252 e. The zero-order valence-corrected chi connectivity index (χ0v) is 14.3. The van der Waals surface area contributed by atoms with E-state index in [4.69, 9.17) is 11.5 Å². The van der Waals surface area contributed by atoms with Gasteiger partial charge < -0.3 is 11.5 Å². The minimum Gasteiger partial charge on any atom is -0.399 e. The van der Waals surface area contributed by atoms with Gasteiger partial charge >= 0.3 is 0 Å². The number of aromatic nitrogens is 2. The molecule has 0 saturated carbocycles. The number of aryl methyl sites for hydroxylation is 3. The number of carbonyl (C=O) groups is 1. The van der Waals surface area contributed by atoms with E-state index in [9.17, 15) is 4.79 Å². The van der Waals surface area contributed by atoms with Crippen molar-refractivity contribution in [1.82, 2.24) is 10.2 Å². The van der Waals surface area contributed by atoms with Crippen LogP contribution in [0.15, 0.2) is 48.5 Å². The molecule has 128 valence electrons. The maximum atomic E-state index is 11.9. The fraction of sp³-hybridized carbons (Fsp3) is 0.200. The number of anilines is 1. The number of benzene rings is 2. The Bertz CT molecular complexity index is 864. The largest absolute Gasteiger partial charge is 0.399 e. The molecule has 0 unspecified atom stereocenters. The highest BCUT2D eigenvalue weighted by Gasteiger charge is 2.18. The van der Waals surface area contributed by atoms with E-state index in [1.165, 1.54) is 11.1 Å². The second kappa shape index (κ2) is 7.21. The van der Waals surface area contributed by atoms with E-state index >= 15 is 0 Å². The standard InChI is InChI=1S/C20H22N4O/c1-13-2-4-14(5-3-13)8-11-17-19(20(22)25)18(24-23-17)12-15-6-9-16(21)10-7-15/h2-7,9-10H,8,11-12,21H2,1H3,(H2,22,25)(H,23,24). The Labute approximate surface area is 147 Å². The Kier molecular flexibility index (Phi) is 4.84. The second-order valence-electron chi connectivity index (χ2n) is 6.29. The van der Waals surface area contributed by atoms with Gasteiger partial charge in [0.1, 0.15) is 0 Å². The van der Waals surface area contributed by atoms with Gasteiger partial charge in [0.2, 0.25) is 0 Å². The molecular weight excluding hydrogens is 312 g/mol. The molecule has 5 nitrogen and oxygen atoms in total. The van der Waals surface area contributed by atoms with Gasteiger partial charge in [-0.15, -0.1) is 0 Å². The lowest BCUT2D eigenvalue weighted by Crippen LogP contribution is -2.15. The Balaban J connectivity index is 1.78. The number of nitrogens with one attached hydrogen (secondary N) is 1. The van der Waals surface area contributed by atoms with Crippen molar-refractivity contribution in [2.75, 3.05) is 5.73 Å². The van der Waals surface area contributed by atoms with Gasteiger partial charge in [-0.1, -0.05) is 42.0 Å². The van der Waals surface area contributed by atoms with E-state index < -0.39 is 5.91 Å². The number of rotatable bonds is 6. The predicted octanol–water partition coefficient (Wildman–Crippen LogP) is 2.78. The van der Waals surface area contributed by atoms with E-state index in [0.717, 1.165) is 23.4 Å². The molecule has 3 rings (SSSR count). The highest BCUT2D eigenvalue weighted by atomic mass is 16.1. The quantitative estimate of drug-likeness (QED) is 0.605. The number of primary amides is 1. The average molecular weight is 334 g/mol. The fourth-order valence-corrected chi connectivity index (χ4v) is 2.88. The molecule has 0 spiro atoms.